The van der Waals surface area contributed by atoms with E-state index in [2.05, 4.69) is 15.0 Å². The second-order valence-electron chi connectivity index (χ2n) is 4.64. The third-order valence-electron chi connectivity index (χ3n) is 2.84. The number of fused-ring (bicyclic) bond motifs is 1. The van der Waals surface area contributed by atoms with E-state index in [1.807, 2.05) is 0 Å². The maximum absolute atomic E-state index is 12.5. The molecule has 8 nitrogen and oxygen atoms in total. The Hall–Kier alpha value is -2.13. The number of sulfonamides is 1. The number of amides is 1. The van der Waals surface area contributed by atoms with Crippen molar-refractivity contribution < 1.29 is 13.2 Å². The van der Waals surface area contributed by atoms with Crippen LogP contribution in [-0.4, -0.2) is 36.8 Å². The maximum atomic E-state index is 12.5. The van der Waals surface area contributed by atoms with Crippen LogP contribution >= 0.6 is 0 Å². The fraction of sp³-hybridized carbons (Fsp3) is 0.333. The molecule has 2 rings (SSSR count). The summed E-state index contributed by atoms with van der Waals surface area (Å²) in [5.41, 5.74) is 5.58. The Balaban J connectivity index is 2.46. The van der Waals surface area contributed by atoms with Crippen molar-refractivity contribution in [2.75, 3.05) is 12.4 Å². The average Bonchev–Trinajstić information content (AvgIpc) is 2.75. The van der Waals surface area contributed by atoms with Gasteiger partial charge >= 0.3 is 0 Å². The molecule has 2 aromatic heterocycles. The number of pyridine rings is 1. The highest BCUT2D eigenvalue weighted by atomic mass is 32.2. The number of hydrogen-bond donors (Lipinski definition) is 3. The van der Waals surface area contributed by atoms with Crippen LogP contribution in [0.15, 0.2) is 29.4 Å². The van der Waals surface area contributed by atoms with Gasteiger partial charge in [0, 0.05) is 25.7 Å². The number of carbonyl (C=O) groups is 1. The molecule has 0 fully saturated rings. The smallest absolute Gasteiger partial charge is 0.260 e. The van der Waals surface area contributed by atoms with Gasteiger partial charge in [0.15, 0.2) is 10.8 Å². The van der Waals surface area contributed by atoms with Crippen molar-refractivity contribution in [3.8, 4) is 0 Å². The molecule has 1 atom stereocenters. The van der Waals surface area contributed by atoms with Crippen LogP contribution in [0.4, 0.5) is 5.82 Å². The van der Waals surface area contributed by atoms with Gasteiger partial charge in [-0.15, -0.1) is 0 Å². The fourth-order valence-corrected chi connectivity index (χ4v) is 3.60. The molecule has 0 aliphatic carbocycles. The average molecular weight is 311 g/mol. The van der Waals surface area contributed by atoms with Crippen LogP contribution in [0.25, 0.3) is 5.65 Å². The zero-order valence-corrected chi connectivity index (χ0v) is 12.5. The second-order valence-corrected chi connectivity index (χ2v) is 6.27. The highest BCUT2D eigenvalue weighted by Crippen LogP contribution is 2.22. The van der Waals surface area contributed by atoms with E-state index in [0.29, 0.717) is 5.65 Å². The molecule has 0 aliphatic heterocycles. The van der Waals surface area contributed by atoms with E-state index >= 15 is 0 Å². The number of aromatic nitrogens is 2. The van der Waals surface area contributed by atoms with Gasteiger partial charge in [0.2, 0.25) is 5.91 Å². The summed E-state index contributed by atoms with van der Waals surface area (Å²) in [6.45, 7) is 1.57. The molecule has 0 bridgehead atoms. The molecule has 2 heterocycles. The van der Waals surface area contributed by atoms with Gasteiger partial charge < -0.3 is 11.1 Å². The third-order valence-corrected chi connectivity index (χ3v) is 4.45. The topological polar surface area (TPSA) is 119 Å². The van der Waals surface area contributed by atoms with E-state index in [0.717, 1.165) is 0 Å². The number of nitrogens with two attached hydrogens (primary N) is 1. The highest BCUT2D eigenvalue weighted by Gasteiger charge is 2.26. The number of nitrogens with one attached hydrogen (secondary N) is 2. The summed E-state index contributed by atoms with van der Waals surface area (Å²) in [5, 5.41) is 2.76. The SMILES string of the molecule is CNc1nc2ccccn2c1S(=O)(=O)NC(C)CC(N)=O. The van der Waals surface area contributed by atoms with Crippen LogP contribution in [0, 0.1) is 0 Å². The van der Waals surface area contributed by atoms with Crippen molar-refractivity contribution >= 4 is 27.4 Å². The van der Waals surface area contributed by atoms with Crippen LogP contribution in [0.1, 0.15) is 13.3 Å². The zero-order valence-electron chi connectivity index (χ0n) is 11.7. The van der Waals surface area contributed by atoms with Gasteiger partial charge in [-0.1, -0.05) is 6.07 Å². The van der Waals surface area contributed by atoms with Crippen molar-refractivity contribution in [1.82, 2.24) is 14.1 Å². The molecule has 114 valence electrons. The Bertz CT molecular complexity index is 768. The number of rotatable bonds is 6. The lowest BCUT2D eigenvalue weighted by Crippen LogP contribution is -2.36. The number of anilines is 1. The van der Waals surface area contributed by atoms with Crippen LogP contribution in [0.5, 0.6) is 0 Å². The molecule has 21 heavy (non-hydrogen) atoms. The number of carbonyl (C=O) groups excluding carboxylic acids is 1. The normalized spacial score (nSPS) is 13.2. The molecule has 1 amide bonds. The van der Waals surface area contributed by atoms with Gasteiger partial charge in [0.05, 0.1) is 0 Å². The van der Waals surface area contributed by atoms with Gasteiger partial charge in [-0.25, -0.2) is 18.1 Å². The van der Waals surface area contributed by atoms with Crippen LogP contribution in [0.2, 0.25) is 0 Å². The van der Waals surface area contributed by atoms with E-state index in [4.69, 9.17) is 5.73 Å². The highest BCUT2D eigenvalue weighted by molar-refractivity contribution is 7.89. The van der Waals surface area contributed by atoms with Crippen LogP contribution in [0.3, 0.4) is 0 Å². The van der Waals surface area contributed by atoms with Crippen molar-refractivity contribution in [3.05, 3.63) is 24.4 Å². The molecule has 0 aliphatic rings. The monoisotopic (exact) mass is 311 g/mol. The molecule has 0 aromatic carbocycles. The van der Waals surface area contributed by atoms with E-state index in [1.54, 1.807) is 38.4 Å². The molecule has 9 heteroatoms. The summed E-state index contributed by atoms with van der Waals surface area (Å²) in [6, 6.07) is 4.57. The quantitative estimate of drug-likeness (QED) is 0.689. The standard InChI is InChI=1S/C12H17N5O3S/c1-8(7-9(13)18)16-21(19,20)12-11(14-2)15-10-5-3-4-6-17(10)12/h3-6,8,14,16H,7H2,1-2H3,(H2,13,18). The summed E-state index contributed by atoms with van der Waals surface area (Å²) < 4.78 is 28.9. The maximum Gasteiger partial charge on any atom is 0.260 e. The van der Waals surface area contributed by atoms with E-state index < -0.39 is 22.0 Å². The van der Waals surface area contributed by atoms with E-state index in [1.165, 1.54) is 4.40 Å². The molecular weight excluding hydrogens is 294 g/mol. The number of hydrogen-bond acceptors (Lipinski definition) is 5. The van der Waals surface area contributed by atoms with Crippen LogP contribution in [-0.2, 0) is 14.8 Å². The Morgan fingerprint density at radius 2 is 2.19 bits per heavy atom. The second kappa shape index (κ2) is 5.70. The molecule has 0 saturated carbocycles. The number of imidazole rings is 1. The largest absolute Gasteiger partial charge is 0.371 e. The lowest BCUT2D eigenvalue weighted by atomic mass is 10.2. The van der Waals surface area contributed by atoms with Gasteiger partial charge in [-0.3, -0.25) is 9.20 Å². The Morgan fingerprint density at radius 1 is 1.48 bits per heavy atom. The molecule has 2 aromatic rings. The number of nitrogens with zero attached hydrogens (tertiary/aromatic N) is 2. The van der Waals surface area contributed by atoms with Gasteiger partial charge in [0.25, 0.3) is 10.0 Å². The molecule has 4 N–H and O–H groups in total. The van der Waals surface area contributed by atoms with Gasteiger partial charge in [0.1, 0.15) is 5.65 Å². The van der Waals surface area contributed by atoms with Crippen molar-refractivity contribution in [3.63, 3.8) is 0 Å². The van der Waals surface area contributed by atoms with E-state index in [9.17, 15) is 13.2 Å². The summed E-state index contributed by atoms with van der Waals surface area (Å²) in [5.74, 6) is -0.336. The molecule has 0 spiro atoms. The molecule has 1 unspecified atom stereocenters. The van der Waals surface area contributed by atoms with Crippen LogP contribution < -0.4 is 15.8 Å². The summed E-state index contributed by atoms with van der Waals surface area (Å²) >= 11 is 0. The molecule has 0 saturated heterocycles. The van der Waals surface area contributed by atoms with Gasteiger partial charge in [-0.05, 0) is 19.1 Å². The molecule has 0 radical (unpaired) electrons. The van der Waals surface area contributed by atoms with Gasteiger partial charge in [-0.2, -0.15) is 0 Å². The third kappa shape index (κ3) is 3.14. The first kappa shape index (κ1) is 15.3. The van der Waals surface area contributed by atoms with E-state index in [-0.39, 0.29) is 17.3 Å². The minimum absolute atomic E-state index is 0.00285. The number of primary amides is 1. The molecular formula is C12H17N5O3S. The Morgan fingerprint density at radius 3 is 2.81 bits per heavy atom. The lowest BCUT2D eigenvalue weighted by Gasteiger charge is -2.13. The predicted molar refractivity (Wildman–Crippen MR) is 78.3 cm³/mol. The lowest BCUT2D eigenvalue weighted by molar-refractivity contribution is -0.118. The zero-order chi connectivity index (χ0) is 15.6. The van der Waals surface area contributed by atoms with Crippen molar-refractivity contribution in [2.45, 2.75) is 24.4 Å². The first-order chi connectivity index (χ1) is 9.85. The minimum atomic E-state index is -3.85. The summed E-state index contributed by atoms with van der Waals surface area (Å²) in [7, 11) is -2.26. The van der Waals surface area contributed by atoms with Crippen molar-refractivity contribution in [1.29, 1.82) is 0 Å². The first-order valence-corrected chi connectivity index (χ1v) is 7.79. The fourth-order valence-electron chi connectivity index (χ4n) is 2.06. The predicted octanol–water partition coefficient (Wildman–Crippen LogP) is -0.0818. The Kier molecular flexibility index (Phi) is 4.14. The van der Waals surface area contributed by atoms with Crippen molar-refractivity contribution in [2.24, 2.45) is 5.73 Å². The Labute approximate surface area is 122 Å². The minimum Gasteiger partial charge on any atom is -0.371 e. The summed E-state index contributed by atoms with van der Waals surface area (Å²) in [4.78, 5) is 15.1. The first-order valence-electron chi connectivity index (χ1n) is 6.30. The summed E-state index contributed by atoms with van der Waals surface area (Å²) in [6.07, 6.45) is 1.53.